The second-order valence-electron chi connectivity index (χ2n) is 2.51. The standard InChI is InChI=1S/C9H7Cl3O2/c1-14-7-3-2-5(10)4-6(7)8(13)9(11)12/h2-4,9H,1H3. The van der Waals surface area contributed by atoms with Crippen LogP contribution in [-0.2, 0) is 0 Å². The van der Waals surface area contributed by atoms with Crippen molar-refractivity contribution in [3.63, 3.8) is 0 Å². The summed E-state index contributed by atoms with van der Waals surface area (Å²) in [5.41, 5.74) is 0.287. The molecule has 0 fully saturated rings. The molecule has 14 heavy (non-hydrogen) atoms. The largest absolute Gasteiger partial charge is 0.496 e. The maximum absolute atomic E-state index is 11.5. The predicted molar refractivity (Wildman–Crippen MR) is 57.8 cm³/mol. The third kappa shape index (κ3) is 2.53. The van der Waals surface area contributed by atoms with Crippen molar-refractivity contribution in [3.8, 4) is 5.75 Å². The predicted octanol–water partition coefficient (Wildman–Crippen LogP) is 3.34. The molecule has 1 aromatic rings. The van der Waals surface area contributed by atoms with Gasteiger partial charge in [-0.25, -0.2) is 0 Å². The molecule has 0 saturated carbocycles. The summed E-state index contributed by atoms with van der Waals surface area (Å²) in [5.74, 6) is -0.0154. The van der Waals surface area contributed by atoms with Gasteiger partial charge in [-0.05, 0) is 18.2 Å². The van der Waals surface area contributed by atoms with E-state index in [9.17, 15) is 4.79 Å². The molecule has 0 amide bonds. The molecular formula is C9H7Cl3O2. The molecule has 0 saturated heterocycles. The molecule has 0 aliphatic rings. The number of benzene rings is 1. The van der Waals surface area contributed by atoms with E-state index in [-0.39, 0.29) is 5.56 Å². The number of carbonyl (C=O) groups is 1. The maximum atomic E-state index is 11.5. The average Bonchev–Trinajstić information content (AvgIpc) is 2.16. The Kier molecular flexibility index (Phi) is 4.05. The average molecular weight is 254 g/mol. The fraction of sp³-hybridized carbons (Fsp3) is 0.222. The van der Waals surface area contributed by atoms with Crippen molar-refractivity contribution >= 4 is 40.6 Å². The second-order valence-corrected chi connectivity index (χ2v) is 4.04. The Morgan fingerprint density at radius 1 is 1.43 bits per heavy atom. The zero-order valence-electron chi connectivity index (χ0n) is 7.26. The molecule has 2 nitrogen and oxygen atoms in total. The van der Waals surface area contributed by atoms with Crippen LogP contribution in [0.3, 0.4) is 0 Å². The smallest absolute Gasteiger partial charge is 0.199 e. The number of methoxy groups -OCH3 is 1. The van der Waals surface area contributed by atoms with E-state index in [1.54, 1.807) is 12.1 Å². The molecule has 1 aromatic carbocycles. The van der Waals surface area contributed by atoms with Crippen molar-refractivity contribution < 1.29 is 9.53 Å². The molecule has 0 radical (unpaired) electrons. The van der Waals surface area contributed by atoms with Crippen LogP contribution >= 0.6 is 34.8 Å². The Labute approximate surface area is 96.7 Å². The first-order chi connectivity index (χ1) is 6.56. The summed E-state index contributed by atoms with van der Waals surface area (Å²) in [4.78, 5) is 10.4. The molecule has 0 heterocycles. The van der Waals surface area contributed by atoms with E-state index in [0.717, 1.165) is 0 Å². The van der Waals surface area contributed by atoms with Gasteiger partial charge in [-0.1, -0.05) is 34.8 Å². The van der Waals surface area contributed by atoms with Gasteiger partial charge in [-0.3, -0.25) is 4.79 Å². The molecule has 5 heteroatoms. The lowest BCUT2D eigenvalue weighted by molar-refractivity contribution is 0.100. The highest BCUT2D eigenvalue weighted by atomic mass is 35.5. The first-order valence-corrected chi connectivity index (χ1v) is 4.97. The number of hydrogen-bond acceptors (Lipinski definition) is 2. The normalized spacial score (nSPS) is 10.4. The number of hydrogen-bond donors (Lipinski definition) is 0. The highest BCUT2D eigenvalue weighted by Gasteiger charge is 2.18. The third-order valence-corrected chi connectivity index (χ3v) is 2.26. The van der Waals surface area contributed by atoms with Crippen molar-refractivity contribution in [3.05, 3.63) is 28.8 Å². The summed E-state index contributed by atoms with van der Waals surface area (Å²) in [6.45, 7) is 0. The van der Waals surface area contributed by atoms with Crippen molar-refractivity contribution in [1.29, 1.82) is 0 Å². The topological polar surface area (TPSA) is 26.3 Å². The van der Waals surface area contributed by atoms with E-state index in [1.165, 1.54) is 13.2 Å². The minimum atomic E-state index is -1.11. The highest BCUT2D eigenvalue weighted by molar-refractivity contribution is 6.55. The number of rotatable bonds is 3. The molecule has 0 spiro atoms. The van der Waals surface area contributed by atoms with Gasteiger partial charge in [-0.2, -0.15) is 0 Å². The van der Waals surface area contributed by atoms with Gasteiger partial charge in [0, 0.05) is 5.02 Å². The number of carbonyl (C=O) groups excluding carboxylic acids is 1. The number of ether oxygens (including phenoxy) is 1. The Morgan fingerprint density at radius 2 is 2.07 bits per heavy atom. The second kappa shape index (κ2) is 4.87. The van der Waals surface area contributed by atoms with Crippen LogP contribution < -0.4 is 4.74 Å². The molecule has 0 bridgehead atoms. The van der Waals surface area contributed by atoms with Gasteiger partial charge < -0.3 is 4.74 Å². The molecule has 0 atom stereocenters. The fourth-order valence-corrected chi connectivity index (χ4v) is 1.40. The van der Waals surface area contributed by atoms with Crippen LogP contribution in [0.5, 0.6) is 5.75 Å². The van der Waals surface area contributed by atoms with Crippen molar-refractivity contribution in [2.75, 3.05) is 7.11 Å². The van der Waals surface area contributed by atoms with E-state index >= 15 is 0 Å². The molecule has 0 aromatic heterocycles. The van der Waals surface area contributed by atoms with Gasteiger partial charge in [0.15, 0.2) is 10.6 Å². The van der Waals surface area contributed by atoms with Gasteiger partial charge in [0.1, 0.15) is 5.75 Å². The van der Waals surface area contributed by atoms with Crippen LogP contribution in [0.1, 0.15) is 10.4 Å². The van der Waals surface area contributed by atoms with E-state index in [2.05, 4.69) is 0 Å². The molecule has 1 rings (SSSR count). The monoisotopic (exact) mass is 252 g/mol. The Balaban J connectivity index is 3.17. The summed E-state index contributed by atoms with van der Waals surface area (Å²) >= 11 is 16.7. The fourth-order valence-electron chi connectivity index (χ4n) is 0.990. The van der Waals surface area contributed by atoms with Gasteiger partial charge in [0.05, 0.1) is 12.7 Å². The molecule has 0 N–H and O–H groups in total. The first kappa shape index (κ1) is 11.6. The molecule has 76 valence electrons. The van der Waals surface area contributed by atoms with Crippen LogP contribution in [0, 0.1) is 0 Å². The highest BCUT2D eigenvalue weighted by Crippen LogP contribution is 2.25. The lowest BCUT2D eigenvalue weighted by Crippen LogP contribution is -2.09. The van der Waals surface area contributed by atoms with Crippen LogP contribution in [0.2, 0.25) is 5.02 Å². The lowest BCUT2D eigenvalue weighted by Gasteiger charge is -2.07. The molecule has 0 aliphatic heterocycles. The van der Waals surface area contributed by atoms with Crippen molar-refractivity contribution in [2.24, 2.45) is 0 Å². The Morgan fingerprint density at radius 3 is 2.57 bits per heavy atom. The van der Waals surface area contributed by atoms with Crippen molar-refractivity contribution in [2.45, 2.75) is 4.84 Å². The minimum Gasteiger partial charge on any atom is -0.496 e. The summed E-state index contributed by atoms with van der Waals surface area (Å²) < 4.78 is 4.97. The zero-order chi connectivity index (χ0) is 10.7. The summed E-state index contributed by atoms with van der Waals surface area (Å²) in [6.07, 6.45) is 0. The Hall–Kier alpha value is -0.440. The molecular weight excluding hydrogens is 246 g/mol. The van der Waals surface area contributed by atoms with E-state index in [4.69, 9.17) is 39.5 Å². The molecule has 0 aliphatic carbocycles. The van der Waals surface area contributed by atoms with E-state index in [1.807, 2.05) is 0 Å². The number of alkyl halides is 2. The zero-order valence-corrected chi connectivity index (χ0v) is 9.53. The quantitative estimate of drug-likeness (QED) is 0.610. The van der Waals surface area contributed by atoms with E-state index in [0.29, 0.717) is 10.8 Å². The SMILES string of the molecule is COc1ccc(Cl)cc1C(=O)C(Cl)Cl. The van der Waals surface area contributed by atoms with Crippen LogP contribution in [-0.4, -0.2) is 17.7 Å². The van der Waals surface area contributed by atoms with Gasteiger partial charge in [0.2, 0.25) is 0 Å². The molecule has 0 unspecified atom stereocenters. The minimum absolute atomic E-state index is 0.287. The lowest BCUT2D eigenvalue weighted by atomic mass is 10.1. The number of ketones is 1. The van der Waals surface area contributed by atoms with Crippen LogP contribution in [0.25, 0.3) is 0 Å². The first-order valence-electron chi connectivity index (χ1n) is 3.72. The van der Waals surface area contributed by atoms with E-state index < -0.39 is 10.6 Å². The van der Waals surface area contributed by atoms with Gasteiger partial charge >= 0.3 is 0 Å². The summed E-state index contributed by atoms with van der Waals surface area (Å²) in [7, 11) is 1.46. The Bertz CT molecular complexity index is 350. The van der Waals surface area contributed by atoms with Gasteiger partial charge in [0.25, 0.3) is 0 Å². The summed E-state index contributed by atoms with van der Waals surface area (Å²) in [6, 6.07) is 4.68. The summed E-state index contributed by atoms with van der Waals surface area (Å²) in [5, 5.41) is 0.433. The maximum Gasteiger partial charge on any atom is 0.199 e. The van der Waals surface area contributed by atoms with Crippen molar-refractivity contribution in [1.82, 2.24) is 0 Å². The van der Waals surface area contributed by atoms with Crippen LogP contribution in [0.4, 0.5) is 0 Å². The third-order valence-electron chi connectivity index (χ3n) is 1.63. The number of Topliss-reactive ketones (excluding diaryl/α,β-unsaturated/α-hetero) is 1. The number of halogens is 3. The van der Waals surface area contributed by atoms with Gasteiger partial charge in [-0.15, -0.1) is 0 Å². The van der Waals surface area contributed by atoms with Crippen LogP contribution in [0.15, 0.2) is 18.2 Å².